The van der Waals surface area contributed by atoms with Crippen molar-refractivity contribution in [2.24, 2.45) is 5.92 Å². The van der Waals surface area contributed by atoms with Crippen molar-refractivity contribution in [2.75, 3.05) is 25.9 Å². The van der Waals surface area contributed by atoms with Gasteiger partial charge in [0, 0.05) is 26.1 Å². The number of benzene rings is 1. The van der Waals surface area contributed by atoms with E-state index >= 15 is 0 Å². The number of hydrogen-bond acceptors (Lipinski definition) is 3. The van der Waals surface area contributed by atoms with Gasteiger partial charge in [-0.05, 0) is 30.4 Å². The Bertz CT molecular complexity index is 632. The minimum atomic E-state index is -3.45. The van der Waals surface area contributed by atoms with E-state index in [1.807, 2.05) is 0 Å². The maximum absolute atomic E-state index is 13.6. The summed E-state index contributed by atoms with van der Waals surface area (Å²) in [5.41, 5.74) is 0.465. The fourth-order valence-corrected chi connectivity index (χ4v) is 3.05. The zero-order valence-electron chi connectivity index (χ0n) is 14.6. The van der Waals surface area contributed by atoms with Gasteiger partial charge in [0.1, 0.15) is 5.82 Å². The van der Waals surface area contributed by atoms with Crippen molar-refractivity contribution in [2.45, 2.75) is 33.1 Å². The molecule has 7 heteroatoms. The van der Waals surface area contributed by atoms with E-state index in [0.717, 1.165) is 12.7 Å². The van der Waals surface area contributed by atoms with Crippen LogP contribution < -0.4 is 5.32 Å². The van der Waals surface area contributed by atoms with Gasteiger partial charge in [-0.1, -0.05) is 32.0 Å². The van der Waals surface area contributed by atoms with Crippen molar-refractivity contribution in [1.29, 1.82) is 0 Å². The van der Waals surface area contributed by atoms with E-state index in [9.17, 15) is 17.6 Å². The smallest absolute Gasteiger partial charge is 0.221 e. The largest absolute Gasteiger partial charge is 0.356 e. The summed E-state index contributed by atoms with van der Waals surface area (Å²) in [6.45, 7) is 4.98. The third-order valence-electron chi connectivity index (χ3n) is 3.69. The van der Waals surface area contributed by atoms with Gasteiger partial charge >= 0.3 is 0 Å². The standard InChI is InChI=1S/C17H27FN2O3S/c1-14(2)8-11-19-17(21)10-13-20(24(3,22)23)12-9-15-6-4-5-7-16(15)18/h4-7,14H,8-13H2,1-3H3,(H,19,21). The highest BCUT2D eigenvalue weighted by atomic mass is 32.2. The summed E-state index contributed by atoms with van der Waals surface area (Å²) < 4.78 is 38.6. The van der Waals surface area contributed by atoms with Crippen LogP contribution in [0.4, 0.5) is 4.39 Å². The Morgan fingerprint density at radius 2 is 1.92 bits per heavy atom. The monoisotopic (exact) mass is 358 g/mol. The summed E-state index contributed by atoms with van der Waals surface area (Å²) in [7, 11) is -3.45. The third-order valence-corrected chi connectivity index (χ3v) is 4.99. The number of nitrogens with zero attached hydrogens (tertiary/aromatic N) is 1. The predicted molar refractivity (Wildman–Crippen MR) is 93.6 cm³/mol. The molecule has 1 aromatic rings. The number of sulfonamides is 1. The molecule has 0 saturated carbocycles. The third kappa shape index (κ3) is 7.88. The molecule has 5 nitrogen and oxygen atoms in total. The number of amides is 1. The molecule has 0 radical (unpaired) electrons. The maximum Gasteiger partial charge on any atom is 0.221 e. The minimum absolute atomic E-state index is 0.0980. The van der Waals surface area contributed by atoms with Crippen LogP contribution in [0.5, 0.6) is 0 Å². The van der Waals surface area contributed by atoms with Crippen LogP contribution in [-0.4, -0.2) is 44.5 Å². The van der Waals surface area contributed by atoms with E-state index in [4.69, 9.17) is 0 Å². The molecule has 0 aliphatic carbocycles. The van der Waals surface area contributed by atoms with Gasteiger partial charge in [0.25, 0.3) is 0 Å². The average Bonchev–Trinajstić information content (AvgIpc) is 2.47. The summed E-state index contributed by atoms with van der Waals surface area (Å²) in [6.07, 6.45) is 2.36. The second kappa shape index (κ2) is 9.74. The number of carbonyl (C=O) groups excluding carboxylic acids is 1. The van der Waals surface area contributed by atoms with E-state index in [1.165, 1.54) is 10.4 Å². The highest BCUT2D eigenvalue weighted by Gasteiger charge is 2.18. The Morgan fingerprint density at radius 1 is 1.25 bits per heavy atom. The fraction of sp³-hybridized carbons (Fsp3) is 0.588. The van der Waals surface area contributed by atoms with Crippen molar-refractivity contribution in [3.05, 3.63) is 35.6 Å². The van der Waals surface area contributed by atoms with Crippen molar-refractivity contribution in [3.63, 3.8) is 0 Å². The Labute approximate surface area is 144 Å². The summed E-state index contributed by atoms with van der Waals surface area (Å²) >= 11 is 0. The molecule has 0 heterocycles. The minimum Gasteiger partial charge on any atom is -0.356 e. The molecule has 0 atom stereocenters. The van der Waals surface area contributed by atoms with Crippen LogP contribution in [0.1, 0.15) is 32.3 Å². The lowest BCUT2D eigenvalue weighted by Crippen LogP contribution is -2.36. The van der Waals surface area contributed by atoms with Crippen molar-refractivity contribution >= 4 is 15.9 Å². The molecule has 0 unspecified atom stereocenters. The molecule has 0 aliphatic heterocycles. The zero-order chi connectivity index (χ0) is 18.2. The second-order valence-corrected chi connectivity index (χ2v) is 8.27. The highest BCUT2D eigenvalue weighted by molar-refractivity contribution is 7.88. The van der Waals surface area contributed by atoms with Gasteiger partial charge in [-0.2, -0.15) is 0 Å². The lowest BCUT2D eigenvalue weighted by molar-refractivity contribution is -0.121. The van der Waals surface area contributed by atoms with Gasteiger partial charge in [0.05, 0.1) is 6.26 Å². The van der Waals surface area contributed by atoms with Gasteiger partial charge in [0.15, 0.2) is 0 Å². The first-order valence-electron chi connectivity index (χ1n) is 8.15. The molecule has 1 N–H and O–H groups in total. The van der Waals surface area contributed by atoms with Crippen LogP contribution in [0.15, 0.2) is 24.3 Å². The molecule has 0 aromatic heterocycles. The van der Waals surface area contributed by atoms with Crippen LogP contribution in [0, 0.1) is 11.7 Å². The maximum atomic E-state index is 13.6. The molecule has 0 spiro atoms. The number of nitrogens with one attached hydrogen (secondary N) is 1. The van der Waals surface area contributed by atoms with Crippen molar-refractivity contribution in [3.8, 4) is 0 Å². The molecular formula is C17H27FN2O3S. The zero-order valence-corrected chi connectivity index (χ0v) is 15.4. The van der Waals surface area contributed by atoms with Crippen LogP contribution in [-0.2, 0) is 21.2 Å². The Hall–Kier alpha value is -1.47. The Kier molecular flexibility index (Phi) is 8.35. The Balaban J connectivity index is 2.52. The normalized spacial score (nSPS) is 11.9. The van der Waals surface area contributed by atoms with E-state index in [0.29, 0.717) is 18.0 Å². The summed E-state index contributed by atoms with van der Waals surface area (Å²) in [4.78, 5) is 11.8. The van der Waals surface area contributed by atoms with E-state index in [2.05, 4.69) is 19.2 Å². The first-order chi connectivity index (χ1) is 11.2. The number of hydrogen-bond donors (Lipinski definition) is 1. The number of carbonyl (C=O) groups is 1. The van der Waals surface area contributed by atoms with Crippen LogP contribution >= 0.6 is 0 Å². The van der Waals surface area contributed by atoms with Crippen molar-refractivity contribution in [1.82, 2.24) is 9.62 Å². The molecule has 1 amide bonds. The van der Waals surface area contributed by atoms with Gasteiger partial charge in [-0.15, -0.1) is 0 Å². The fourth-order valence-electron chi connectivity index (χ4n) is 2.20. The summed E-state index contributed by atoms with van der Waals surface area (Å²) in [5, 5.41) is 2.78. The van der Waals surface area contributed by atoms with Gasteiger partial charge in [-0.25, -0.2) is 17.1 Å². The first kappa shape index (κ1) is 20.6. The Morgan fingerprint density at radius 3 is 2.50 bits per heavy atom. The SMILES string of the molecule is CC(C)CCNC(=O)CCN(CCc1ccccc1F)S(C)(=O)=O. The van der Waals surface area contributed by atoms with Crippen LogP contribution in [0.25, 0.3) is 0 Å². The lowest BCUT2D eigenvalue weighted by atomic mass is 10.1. The second-order valence-electron chi connectivity index (χ2n) is 6.29. The average molecular weight is 358 g/mol. The van der Waals surface area contributed by atoms with Crippen LogP contribution in [0.2, 0.25) is 0 Å². The van der Waals surface area contributed by atoms with E-state index in [1.54, 1.807) is 18.2 Å². The molecule has 0 fully saturated rings. The van der Waals surface area contributed by atoms with Gasteiger partial charge in [-0.3, -0.25) is 4.79 Å². The molecule has 1 aromatic carbocycles. The quantitative estimate of drug-likeness (QED) is 0.697. The summed E-state index contributed by atoms with van der Waals surface area (Å²) in [5.74, 6) is -0.0221. The first-order valence-corrected chi connectivity index (χ1v) is 10.00. The van der Waals surface area contributed by atoms with Gasteiger partial charge < -0.3 is 5.32 Å². The molecular weight excluding hydrogens is 331 g/mol. The van der Waals surface area contributed by atoms with Crippen molar-refractivity contribution < 1.29 is 17.6 Å². The molecule has 0 aliphatic rings. The predicted octanol–water partition coefficient (Wildman–Crippen LogP) is 2.18. The lowest BCUT2D eigenvalue weighted by Gasteiger charge is -2.20. The van der Waals surface area contributed by atoms with Crippen LogP contribution in [0.3, 0.4) is 0 Å². The molecule has 136 valence electrons. The highest BCUT2D eigenvalue weighted by Crippen LogP contribution is 2.10. The molecule has 0 saturated heterocycles. The summed E-state index contributed by atoms with van der Waals surface area (Å²) in [6, 6.07) is 6.29. The number of rotatable bonds is 10. The molecule has 1 rings (SSSR count). The van der Waals surface area contributed by atoms with Gasteiger partial charge in [0.2, 0.25) is 15.9 Å². The number of halogens is 1. The van der Waals surface area contributed by atoms with E-state index in [-0.39, 0.29) is 37.7 Å². The molecule has 0 bridgehead atoms. The van der Waals surface area contributed by atoms with E-state index < -0.39 is 10.0 Å². The molecule has 24 heavy (non-hydrogen) atoms. The topological polar surface area (TPSA) is 66.5 Å².